The number of likely N-dealkylation sites (tertiary alicyclic amines) is 1. The van der Waals surface area contributed by atoms with Gasteiger partial charge in [0.05, 0.1) is 0 Å². The van der Waals surface area contributed by atoms with E-state index in [0.29, 0.717) is 6.04 Å². The van der Waals surface area contributed by atoms with Crippen LogP contribution in [0.4, 0.5) is 0 Å². The van der Waals surface area contributed by atoms with Crippen LogP contribution in [0.1, 0.15) is 24.4 Å². The number of nitrogens with zero attached hydrogens (tertiary/aromatic N) is 2. The van der Waals surface area contributed by atoms with Gasteiger partial charge in [0.15, 0.2) is 0 Å². The Morgan fingerprint density at radius 2 is 2.36 bits per heavy atom. The van der Waals surface area contributed by atoms with Gasteiger partial charge in [0.25, 0.3) is 6.79 Å². The Morgan fingerprint density at radius 1 is 1.57 bits per heavy atom. The van der Waals surface area contributed by atoms with E-state index >= 15 is 0 Å². The van der Waals surface area contributed by atoms with Gasteiger partial charge in [-0.15, -0.1) is 0 Å². The normalized spacial score (nSPS) is 21.4. The van der Waals surface area contributed by atoms with Crippen LogP contribution < -0.4 is 0 Å². The summed E-state index contributed by atoms with van der Waals surface area (Å²) in [7, 11) is 2.19. The molecule has 3 nitrogen and oxygen atoms in total. The van der Waals surface area contributed by atoms with E-state index in [1.807, 2.05) is 18.5 Å². The van der Waals surface area contributed by atoms with Crippen LogP contribution in [0.15, 0.2) is 24.5 Å². The van der Waals surface area contributed by atoms with Crippen LogP contribution in [0.25, 0.3) is 0 Å². The molecule has 2 heterocycles. The second kappa shape index (κ2) is 5.50. The Labute approximate surface area is 84.8 Å². The summed E-state index contributed by atoms with van der Waals surface area (Å²) in [6.07, 6.45) is 6.41. The highest BCUT2D eigenvalue weighted by Gasteiger charge is 2.21. The van der Waals surface area contributed by atoms with Crippen molar-refractivity contribution < 1.29 is 4.79 Å². The minimum Gasteiger partial charge on any atom is -0.299 e. The molecule has 1 fully saturated rings. The monoisotopic (exact) mass is 190 g/mol. The Kier molecular flexibility index (Phi) is 4.26. The molecule has 0 bridgehead atoms. The van der Waals surface area contributed by atoms with Crippen LogP contribution >= 0.6 is 0 Å². The average Bonchev–Trinajstić information content (AvgIpc) is 2.69. The number of pyridine rings is 1. The molecule has 1 atom stereocenters. The predicted octanol–water partition coefficient (Wildman–Crippen LogP) is 1.45. The molecule has 0 amide bonds. The molecule has 0 aliphatic carbocycles. The van der Waals surface area contributed by atoms with Crippen LogP contribution in [0.2, 0.25) is 0 Å². The molecular formula is C11H14N2O. The first-order chi connectivity index (χ1) is 6.88. The van der Waals surface area contributed by atoms with Crippen molar-refractivity contribution in [1.82, 2.24) is 9.88 Å². The summed E-state index contributed by atoms with van der Waals surface area (Å²) in [6.45, 7) is 5.72. The topological polar surface area (TPSA) is 33.2 Å². The molecule has 0 aromatic carbocycles. The first-order valence-electron chi connectivity index (χ1n) is 4.68. The molecular weight excluding hydrogens is 176 g/mol. The molecule has 74 valence electrons. The molecule has 1 saturated heterocycles. The molecule has 1 aliphatic rings. The van der Waals surface area contributed by atoms with Crippen molar-refractivity contribution in [3.63, 3.8) is 0 Å². The molecule has 3 heteroatoms. The highest BCUT2D eigenvalue weighted by Crippen LogP contribution is 2.29. The lowest BCUT2D eigenvalue weighted by Gasteiger charge is -2.18. The Bertz CT molecular complexity index is 263. The Hall–Kier alpha value is -1.22. The number of carbonyl (C=O) groups excluding carboxylic acids is 1. The Balaban J connectivity index is 0.000000461. The van der Waals surface area contributed by atoms with Crippen LogP contribution in [-0.2, 0) is 4.79 Å². The van der Waals surface area contributed by atoms with Crippen LogP contribution in [-0.4, -0.2) is 30.3 Å². The maximum absolute atomic E-state index is 7.50. The van der Waals surface area contributed by atoms with Crippen molar-refractivity contribution in [2.24, 2.45) is 0 Å². The highest BCUT2D eigenvalue weighted by atomic mass is 16.1. The van der Waals surface area contributed by atoms with Crippen molar-refractivity contribution in [3.05, 3.63) is 30.1 Å². The third kappa shape index (κ3) is 2.39. The van der Waals surface area contributed by atoms with Gasteiger partial charge >= 0.3 is 0 Å². The number of hydrogen-bond donors (Lipinski definition) is 0. The lowest BCUT2D eigenvalue weighted by atomic mass is 10.1. The summed E-state index contributed by atoms with van der Waals surface area (Å²) in [5.41, 5.74) is 1.36. The zero-order chi connectivity index (χ0) is 10.4. The molecule has 1 aromatic heterocycles. The van der Waals surface area contributed by atoms with Gasteiger partial charge in [0.2, 0.25) is 0 Å². The molecule has 2 rings (SSSR count). The molecule has 14 heavy (non-hydrogen) atoms. The van der Waals surface area contributed by atoms with Crippen LogP contribution in [0, 0.1) is 0 Å². The quantitative estimate of drug-likeness (QED) is 0.672. The van der Waals surface area contributed by atoms with E-state index in [4.69, 9.17) is 4.79 Å². The summed E-state index contributed by atoms with van der Waals surface area (Å²) in [4.78, 5) is 14.0. The molecule has 0 N–H and O–H groups in total. The predicted molar refractivity (Wildman–Crippen MR) is 54.5 cm³/mol. The fourth-order valence-corrected chi connectivity index (χ4v) is 1.90. The molecule has 2 radical (unpaired) electrons. The number of aromatic nitrogens is 1. The van der Waals surface area contributed by atoms with Crippen LogP contribution in [0.5, 0.6) is 0 Å². The van der Waals surface area contributed by atoms with E-state index in [0.717, 1.165) is 0 Å². The molecule has 0 spiro atoms. The average molecular weight is 190 g/mol. The molecule has 1 unspecified atom stereocenters. The SMILES string of the molecule is CN1CCCC1c1cccnc1.[C]=O. The lowest BCUT2D eigenvalue weighted by molar-refractivity contribution is 0.317. The standard InChI is InChI=1S/C10H14N2.CO/c1-12-7-3-5-10(12)9-4-2-6-11-8-9;1-2/h2,4,6,8,10H,3,5,7H2,1H3;. The summed E-state index contributed by atoms with van der Waals surface area (Å²) in [5.74, 6) is 0. The third-order valence-electron chi connectivity index (χ3n) is 2.59. The lowest BCUT2D eigenvalue weighted by Crippen LogP contribution is -2.17. The fourth-order valence-electron chi connectivity index (χ4n) is 1.90. The Morgan fingerprint density at radius 3 is 2.86 bits per heavy atom. The van der Waals surface area contributed by atoms with Gasteiger partial charge in [-0.05, 0) is 38.1 Å². The van der Waals surface area contributed by atoms with Crippen molar-refractivity contribution in [2.45, 2.75) is 18.9 Å². The van der Waals surface area contributed by atoms with E-state index in [-0.39, 0.29) is 0 Å². The summed E-state index contributed by atoms with van der Waals surface area (Å²) >= 11 is 0. The van der Waals surface area contributed by atoms with E-state index < -0.39 is 0 Å². The van der Waals surface area contributed by atoms with Gasteiger partial charge in [0.1, 0.15) is 0 Å². The van der Waals surface area contributed by atoms with Crippen molar-refractivity contribution in [1.29, 1.82) is 0 Å². The smallest absolute Gasteiger partial charge is 0.281 e. The van der Waals surface area contributed by atoms with Gasteiger partial charge in [-0.2, -0.15) is 0 Å². The minimum atomic E-state index is 0.610. The molecule has 0 saturated carbocycles. The summed E-state index contributed by atoms with van der Waals surface area (Å²) in [6, 6.07) is 4.79. The van der Waals surface area contributed by atoms with Crippen molar-refractivity contribution in [3.8, 4) is 0 Å². The minimum absolute atomic E-state index is 0.610. The highest BCUT2D eigenvalue weighted by molar-refractivity contribution is 5.14. The van der Waals surface area contributed by atoms with E-state index in [9.17, 15) is 0 Å². The first-order valence-corrected chi connectivity index (χ1v) is 4.68. The zero-order valence-electron chi connectivity index (χ0n) is 8.31. The van der Waals surface area contributed by atoms with Crippen molar-refractivity contribution >= 4 is 6.79 Å². The van der Waals surface area contributed by atoms with E-state index in [2.05, 4.69) is 29.8 Å². The maximum Gasteiger partial charge on any atom is 0.281 e. The second-order valence-electron chi connectivity index (χ2n) is 3.42. The number of rotatable bonds is 1. The zero-order valence-corrected chi connectivity index (χ0v) is 8.31. The van der Waals surface area contributed by atoms with Crippen molar-refractivity contribution in [2.75, 3.05) is 13.6 Å². The van der Waals surface area contributed by atoms with E-state index in [1.165, 1.54) is 24.9 Å². The first kappa shape index (κ1) is 10.9. The summed E-state index contributed by atoms with van der Waals surface area (Å²) < 4.78 is 0. The third-order valence-corrected chi connectivity index (χ3v) is 2.59. The van der Waals surface area contributed by atoms with Crippen LogP contribution in [0.3, 0.4) is 0 Å². The largest absolute Gasteiger partial charge is 0.299 e. The van der Waals surface area contributed by atoms with Gasteiger partial charge in [-0.25, -0.2) is 0 Å². The fraction of sp³-hybridized carbons (Fsp3) is 0.455. The molecule has 1 aliphatic heterocycles. The summed E-state index contributed by atoms with van der Waals surface area (Å²) in [5, 5.41) is 0. The molecule has 1 aromatic rings. The second-order valence-corrected chi connectivity index (χ2v) is 3.42. The van der Waals surface area contributed by atoms with Gasteiger partial charge in [0, 0.05) is 18.4 Å². The maximum atomic E-state index is 7.50. The van der Waals surface area contributed by atoms with E-state index in [1.54, 1.807) is 0 Å². The van der Waals surface area contributed by atoms with Gasteiger partial charge in [-0.1, -0.05) is 6.07 Å². The van der Waals surface area contributed by atoms with Gasteiger partial charge in [-0.3, -0.25) is 14.7 Å². The number of hydrogen-bond acceptors (Lipinski definition) is 3. The van der Waals surface area contributed by atoms with Gasteiger partial charge < -0.3 is 0 Å².